The van der Waals surface area contributed by atoms with Crippen LogP contribution in [0.5, 0.6) is 11.5 Å². The van der Waals surface area contributed by atoms with E-state index in [0.717, 1.165) is 30.0 Å². The van der Waals surface area contributed by atoms with Crippen LogP contribution in [0, 0.1) is 0 Å². The minimum Gasteiger partial charge on any atom is -0.486 e. The number of nitrogens with one attached hydrogen (secondary N) is 1. The Morgan fingerprint density at radius 3 is 2.65 bits per heavy atom. The maximum Gasteiger partial charge on any atom is 0.166 e. The molecular weight excluding hydrogens is 250 g/mol. The van der Waals surface area contributed by atoms with Crippen LogP contribution in [-0.2, 0) is 13.0 Å². The molecule has 0 atom stereocenters. The molecule has 0 spiro atoms. The summed E-state index contributed by atoms with van der Waals surface area (Å²) >= 11 is 0. The largest absolute Gasteiger partial charge is 0.486 e. The molecule has 0 saturated heterocycles. The molecule has 1 aliphatic heterocycles. The molecule has 0 unspecified atom stereocenters. The van der Waals surface area contributed by atoms with Crippen molar-refractivity contribution in [2.24, 2.45) is 0 Å². The van der Waals surface area contributed by atoms with Crippen molar-refractivity contribution in [2.75, 3.05) is 18.5 Å². The molecule has 1 N–H and O–H groups in total. The number of hydrogen-bond acceptors (Lipinski definition) is 3. The normalized spacial score (nSPS) is 13.1. The Kier molecular flexibility index (Phi) is 3.77. The fourth-order valence-corrected chi connectivity index (χ4v) is 2.46. The minimum atomic E-state index is 0.621. The highest BCUT2D eigenvalue weighted by atomic mass is 16.6. The van der Waals surface area contributed by atoms with Gasteiger partial charge in [0.1, 0.15) is 13.2 Å². The van der Waals surface area contributed by atoms with E-state index in [1.807, 2.05) is 12.1 Å². The van der Waals surface area contributed by atoms with Crippen molar-refractivity contribution in [1.82, 2.24) is 0 Å². The Labute approximate surface area is 119 Å². The van der Waals surface area contributed by atoms with Crippen molar-refractivity contribution < 1.29 is 9.47 Å². The van der Waals surface area contributed by atoms with E-state index in [1.165, 1.54) is 11.3 Å². The highest BCUT2D eigenvalue weighted by molar-refractivity contribution is 5.54. The maximum absolute atomic E-state index is 5.73. The van der Waals surface area contributed by atoms with Crippen LogP contribution in [0.15, 0.2) is 42.5 Å². The fourth-order valence-electron chi connectivity index (χ4n) is 2.46. The molecule has 0 aromatic heterocycles. The van der Waals surface area contributed by atoms with Gasteiger partial charge in [-0.3, -0.25) is 0 Å². The zero-order valence-electron chi connectivity index (χ0n) is 11.7. The molecule has 0 radical (unpaired) electrons. The van der Waals surface area contributed by atoms with E-state index in [4.69, 9.17) is 9.47 Å². The van der Waals surface area contributed by atoms with Gasteiger partial charge in [0.05, 0.1) is 0 Å². The van der Waals surface area contributed by atoms with Gasteiger partial charge >= 0.3 is 0 Å². The van der Waals surface area contributed by atoms with E-state index in [0.29, 0.717) is 13.2 Å². The smallest absolute Gasteiger partial charge is 0.166 e. The maximum atomic E-state index is 5.73. The predicted molar refractivity (Wildman–Crippen MR) is 80.6 cm³/mol. The molecule has 3 heteroatoms. The molecule has 1 aliphatic rings. The number of para-hydroxylation sites is 2. The third kappa shape index (κ3) is 2.57. The van der Waals surface area contributed by atoms with Crippen molar-refractivity contribution in [2.45, 2.75) is 19.9 Å². The molecule has 104 valence electrons. The van der Waals surface area contributed by atoms with E-state index in [2.05, 4.69) is 42.6 Å². The first kappa shape index (κ1) is 12.9. The second kappa shape index (κ2) is 5.87. The number of ether oxygens (including phenoxy) is 2. The molecule has 1 heterocycles. The van der Waals surface area contributed by atoms with E-state index < -0.39 is 0 Å². The van der Waals surface area contributed by atoms with Crippen molar-refractivity contribution in [1.29, 1.82) is 0 Å². The molecular formula is C17H19NO2. The molecule has 3 rings (SSSR count). The summed E-state index contributed by atoms with van der Waals surface area (Å²) in [6.07, 6.45) is 1.02. The van der Waals surface area contributed by atoms with Crippen molar-refractivity contribution >= 4 is 5.69 Å². The Morgan fingerprint density at radius 2 is 1.75 bits per heavy atom. The molecule has 20 heavy (non-hydrogen) atoms. The second-order valence-electron chi connectivity index (χ2n) is 4.81. The van der Waals surface area contributed by atoms with Crippen LogP contribution in [0.1, 0.15) is 18.1 Å². The number of benzene rings is 2. The van der Waals surface area contributed by atoms with Crippen molar-refractivity contribution in [3.63, 3.8) is 0 Å². The van der Waals surface area contributed by atoms with Crippen LogP contribution in [0.4, 0.5) is 5.69 Å². The van der Waals surface area contributed by atoms with Gasteiger partial charge in [0, 0.05) is 17.8 Å². The number of anilines is 1. The summed E-state index contributed by atoms with van der Waals surface area (Å²) < 4.78 is 11.3. The predicted octanol–water partition coefficient (Wildman–Crippen LogP) is 3.63. The Bertz CT molecular complexity index is 595. The number of aryl methyl sites for hydroxylation is 1. The van der Waals surface area contributed by atoms with Gasteiger partial charge in [0.2, 0.25) is 0 Å². The molecule has 2 aromatic carbocycles. The molecule has 3 nitrogen and oxygen atoms in total. The van der Waals surface area contributed by atoms with Gasteiger partial charge in [0.15, 0.2) is 11.5 Å². The van der Waals surface area contributed by atoms with Gasteiger partial charge in [0.25, 0.3) is 0 Å². The van der Waals surface area contributed by atoms with Gasteiger partial charge in [-0.05, 0) is 24.1 Å². The van der Waals surface area contributed by atoms with Gasteiger partial charge in [-0.15, -0.1) is 0 Å². The van der Waals surface area contributed by atoms with Gasteiger partial charge in [-0.25, -0.2) is 0 Å². The van der Waals surface area contributed by atoms with E-state index in [-0.39, 0.29) is 0 Å². The zero-order chi connectivity index (χ0) is 13.8. The highest BCUT2D eigenvalue weighted by Crippen LogP contribution is 2.34. The quantitative estimate of drug-likeness (QED) is 0.919. The third-order valence-electron chi connectivity index (χ3n) is 3.52. The number of rotatable bonds is 4. The summed E-state index contributed by atoms with van der Waals surface area (Å²) in [7, 11) is 0. The van der Waals surface area contributed by atoms with Gasteiger partial charge < -0.3 is 14.8 Å². The lowest BCUT2D eigenvalue weighted by Crippen LogP contribution is -2.17. The summed E-state index contributed by atoms with van der Waals surface area (Å²) in [4.78, 5) is 0. The van der Waals surface area contributed by atoms with E-state index in [9.17, 15) is 0 Å². The molecule has 0 amide bonds. The SMILES string of the molecule is CCc1ccccc1NCc1cccc2c1OCCO2. The van der Waals surface area contributed by atoms with Crippen LogP contribution < -0.4 is 14.8 Å². The summed E-state index contributed by atoms with van der Waals surface area (Å²) in [6.45, 7) is 4.16. The first-order valence-corrected chi connectivity index (χ1v) is 7.07. The Morgan fingerprint density at radius 1 is 0.950 bits per heavy atom. The highest BCUT2D eigenvalue weighted by Gasteiger charge is 2.15. The summed E-state index contributed by atoms with van der Waals surface area (Å²) in [5, 5.41) is 3.50. The number of fused-ring (bicyclic) bond motifs is 1. The minimum absolute atomic E-state index is 0.621. The molecule has 0 aliphatic carbocycles. The lowest BCUT2D eigenvalue weighted by molar-refractivity contribution is 0.170. The van der Waals surface area contributed by atoms with Gasteiger partial charge in [-0.2, -0.15) is 0 Å². The van der Waals surface area contributed by atoms with Crippen LogP contribution >= 0.6 is 0 Å². The Balaban J connectivity index is 1.79. The average molecular weight is 269 g/mol. The Hall–Kier alpha value is -2.16. The summed E-state index contributed by atoms with van der Waals surface area (Å²) in [5.41, 5.74) is 3.65. The lowest BCUT2D eigenvalue weighted by atomic mass is 10.1. The van der Waals surface area contributed by atoms with Crippen molar-refractivity contribution in [3.8, 4) is 11.5 Å². The molecule has 0 saturated carbocycles. The first-order valence-electron chi connectivity index (χ1n) is 7.07. The fraction of sp³-hybridized carbons (Fsp3) is 0.294. The van der Waals surface area contributed by atoms with Gasteiger partial charge in [-0.1, -0.05) is 37.3 Å². The standard InChI is InChI=1S/C17H19NO2/c1-2-13-6-3-4-8-15(13)18-12-14-7-5-9-16-17(14)20-11-10-19-16/h3-9,18H,2,10-12H2,1H3. The van der Waals surface area contributed by atoms with Crippen molar-refractivity contribution in [3.05, 3.63) is 53.6 Å². The van der Waals surface area contributed by atoms with Crippen LogP contribution in [-0.4, -0.2) is 13.2 Å². The third-order valence-corrected chi connectivity index (χ3v) is 3.52. The van der Waals surface area contributed by atoms with Crippen LogP contribution in [0.3, 0.4) is 0 Å². The molecule has 0 bridgehead atoms. The average Bonchev–Trinajstić information content (AvgIpc) is 2.53. The van der Waals surface area contributed by atoms with E-state index >= 15 is 0 Å². The molecule has 2 aromatic rings. The summed E-state index contributed by atoms with van der Waals surface area (Å²) in [5.74, 6) is 1.72. The second-order valence-corrected chi connectivity index (χ2v) is 4.81. The molecule has 0 fully saturated rings. The first-order chi connectivity index (χ1) is 9.88. The van der Waals surface area contributed by atoms with Crippen LogP contribution in [0.25, 0.3) is 0 Å². The van der Waals surface area contributed by atoms with E-state index in [1.54, 1.807) is 0 Å². The topological polar surface area (TPSA) is 30.5 Å². The zero-order valence-corrected chi connectivity index (χ0v) is 11.7. The lowest BCUT2D eigenvalue weighted by Gasteiger charge is -2.21. The number of hydrogen-bond donors (Lipinski definition) is 1. The van der Waals surface area contributed by atoms with Crippen LogP contribution in [0.2, 0.25) is 0 Å². The monoisotopic (exact) mass is 269 g/mol. The summed E-state index contributed by atoms with van der Waals surface area (Å²) in [6, 6.07) is 14.4.